The van der Waals surface area contributed by atoms with Crippen LogP contribution < -0.4 is 9.47 Å². The van der Waals surface area contributed by atoms with Crippen molar-refractivity contribution >= 4 is 15.9 Å². The quantitative estimate of drug-likeness (QED) is 0.771. The summed E-state index contributed by atoms with van der Waals surface area (Å²) >= 11 is 3.74. The van der Waals surface area contributed by atoms with Crippen LogP contribution in [0.5, 0.6) is 11.5 Å². The van der Waals surface area contributed by atoms with Crippen LogP contribution in [0.4, 0.5) is 0 Å². The number of aliphatic hydroxyl groups excluding tert-OH is 1. The highest BCUT2D eigenvalue weighted by molar-refractivity contribution is 9.10. The van der Waals surface area contributed by atoms with E-state index >= 15 is 0 Å². The van der Waals surface area contributed by atoms with Gasteiger partial charge in [0.25, 0.3) is 0 Å². The fourth-order valence-corrected chi connectivity index (χ4v) is 4.92. The van der Waals surface area contributed by atoms with Gasteiger partial charge in [0.15, 0.2) is 11.5 Å². The Hall–Kier alpha value is -1.00. The molecule has 4 rings (SSSR count). The van der Waals surface area contributed by atoms with Crippen LogP contribution in [0.25, 0.3) is 0 Å². The first-order chi connectivity index (χ1) is 10.5. The van der Waals surface area contributed by atoms with Crippen molar-refractivity contribution in [2.24, 2.45) is 5.92 Å². The summed E-state index contributed by atoms with van der Waals surface area (Å²) in [6.07, 6.45) is 7.69. The molecule has 1 heterocycles. The van der Waals surface area contributed by atoms with Crippen molar-refractivity contribution in [2.45, 2.75) is 50.2 Å². The van der Waals surface area contributed by atoms with Gasteiger partial charge < -0.3 is 14.6 Å². The maximum absolute atomic E-state index is 10.0. The molecule has 1 N–H and O–H groups in total. The summed E-state index contributed by atoms with van der Waals surface area (Å²) in [6, 6.07) is 2.03. The summed E-state index contributed by atoms with van der Waals surface area (Å²) in [5, 5.41) is 10.0. The van der Waals surface area contributed by atoms with E-state index in [1.807, 2.05) is 12.1 Å². The maximum Gasteiger partial charge on any atom is 0.166 e. The Labute approximate surface area is 139 Å². The molecule has 0 saturated heterocycles. The van der Waals surface area contributed by atoms with Crippen molar-refractivity contribution in [3.05, 3.63) is 33.8 Å². The van der Waals surface area contributed by atoms with Gasteiger partial charge in [0.1, 0.15) is 6.10 Å². The number of rotatable bonds is 1. The second kappa shape index (κ2) is 5.00. The van der Waals surface area contributed by atoms with Gasteiger partial charge in [-0.3, -0.25) is 0 Å². The van der Waals surface area contributed by atoms with Gasteiger partial charge in [0.2, 0.25) is 0 Å². The Morgan fingerprint density at radius 1 is 1.45 bits per heavy atom. The molecule has 1 aromatic carbocycles. The highest BCUT2D eigenvalue weighted by Crippen LogP contribution is 2.58. The molecule has 4 atom stereocenters. The number of methoxy groups -OCH3 is 1. The van der Waals surface area contributed by atoms with E-state index < -0.39 is 6.10 Å². The molecule has 1 spiro atoms. The number of halogens is 1. The van der Waals surface area contributed by atoms with Gasteiger partial charge in [-0.2, -0.15) is 0 Å². The summed E-state index contributed by atoms with van der Waals surface area (Å²) in [4.78, 5) is 0. The second-order valence-corrected chi connectivity index (χ2v) is 7.75. The Morgan fingerprint density at radius 2 is 2.27 bits per heavy atom. The molecule has 0 saturated carbocycles. The molecular weight excluding hydrogens is 344 g/mol. The van der Waals surface area contributed by atoms with Crippen LogP contribution in [0.2, 0.25) is 0 Å². The van der Waals surface area contributed by atoms with E-state index in [1.54, 1.807) is 7.11 Å². The van der Waals surface area contributed by atoms with Gasteiger partial charge in [0, 0.05) is 16.5 Å². The third-order valence-electron chi connectivity index (χ3n) is 5.49. The minimum Gasteiger partial charge on any atom is -0.493 e. The Morgan fingerprint density at radius 3 is 3.05 bits per heavy atom. The molecule has 2 aliphatic carbocycles. The van der Waals surface area contributed by atoms with E-state index in [4.69, 9.17) is 9.47 Å². The predicted octanol–water partition coefficient (Wildman–Crippen LogP) is 3.75. The standard InChI is InChI=1S/C18H21BrO3/c1-10-3-5-18-6-4-11(20)8-15(18)22-17-14(21-2)9-13(19)12(7-10)16(17)18/h4,6,9-11,15,20H,3,5,7-8H2,1-2H3/t10?,11-,15?,18?/m0/s1. The van der Waals surface area contributed by atoms with E-state index in [0.29, 0.717) is 12.3 Å². The zero-order chi connectivity index (χ0) is 15.5. The number of benzene rings is 1. The second-order valence-electron chi connectivity index (χ2n) is 6.90. The summed E-state index contributed by atoms with van der Waals surface area (Å²) < 4.78 is 13.0. The third kappa shape index (κ3) is 1.89. The van der Waals surface area contributed by atoms with Crippen LogP contribution in [0.15, 0.2) is 22.7 Å². The third-order valence-corrected chi connectivity index (χ3v) is 6.20. The number of hydrogen-bond donors (Lipinski definition) is 1. The molecule has 1 aliphatic heterocycles. The highest BCUT2D eigenvalue weighted by Gasteiger charge is 2.53. The smallest absolute Gasteiger partial charge is 0.166 e. The van der Waals surface area contributed by atoms with E-state index in [9.17, 15) is 5.11 Å². The van der Waals surface area contributed by atoms with Crippen LogP contribution in [0, 0.1) is 5.92 Å². The van der Waals surface area contributed by atoms with E-state index in [0.717, 1.165) is 28.8 Å². The van der Waals surface area contributed by atoms with Crippen LogP contribution in [-0.4, -0.2) is 24.4 Å². The molecule has 0 aromatic heterocycles. The first-order valence-corrected chi connectivity index (χ1v) is 8.78. The van der Waals surface area contributed by atoms with Crippen molar-refractivity contribution in [3.63, 3.8) is 0 Å². The zero-order valence-corrected chi connectivity index (χ0v) is 14.5. The lowest BCUT2D eigenvalue weighted by Crippen LogP contribution is -2.41. The summed E-state index contributed by atoms with van der Waals surface area (Å²) in [5.41, 5.74) is 2.53. The average molecular weight is 365 g/mol. The van der Waals surface area contributed by atoms with Crippen LogP contribution >= 0.6 is 15.9 Å². The Balaban J connectivity index is 2.00. The van der Waals surface area contributed by atoms with E-state index in [-0.39, 0.29) is 11.5 Å². The topological polar surface area (TPSA) is 38.7 Å². The van der Waals surface area contributed by atoms with Crippen molar-refractivity contribution in [1.82, 2.24) is 0 Å². The molecule has 4 heteroatoms. The Kier molecular flexibility index (Phi) is 3.31. The van der Waals surface area contributed by atoms with Gasteiger partial charge in [-0.15, -0.1) is 0 Å². The molecule has 3 aliphatic rings. The fraction of sp³-hybridized carbons (Fsp3) is 0.556. The molecule has 22 heavy (non-hydrogen) atoms. The summed E-state index contributed by atoms with van der Waals surface area (Å²) in [7, 11) is 1.69. The Bertz CT molecular complexity index is 654. The fourth-order valence-electron chi connectivity index (χ4n) is 4.35. The minimum absolute atomic E-state index is 0.00903. The average Bonchev–Trinajstić information content (AvgIpc) is 2.74. The summed E-state index contributed by atoms with van der Waals surface area (Å²) in [5.74, 6) is 2.32. The molecule has 3 unspecified atom stereocenters. The van der Waals surface area contributed by atoms with Gasteiger partial charge >= 0.3 is 0 Å². The summed E-state index contributed by atoms with van der Waals surface area (Å²) in [6.45, 7) is 2.32. The molecular formula is C18H21BrO3. The number of hydrogen-bond acceptors (Lipinski definition) is 3. The largest absolute Gasteiger partial charge is 0.493 e. The number of aliphatic hydroxyl groups is 1. The minimum atomic E-state index is -0.413. The molecule has 0 bridgehead atoms. The monoisotopic (exact) mass is 364 g/mol. The van der Waals surface area contributed by atoms with Crippen LogP contribution in [0.1, 0.15) is 37.3 Å². The van der Waals surface area contributed by atoms with Crippen LogP contribution in [0.3, 0.4) is 0 Å². The number of ether oxygens (including phenoxy) is 2. The van der Waals surface area contributed by atoms with Gasteiger partial charge in [-0.05, 0) is 36.8 Å². The van der Waals surface area contributed by atoms with Gasteiger partial charge in [-0.25, -0.2) is 0 Å². The lowest BCUT2D eigenvalue weighted by molar-refractivity contribution is 0.0832. The van der Waals surface area contributed by atoms with Crippen molar-refractivity contribution < 1.29 is 14.6 Å². The highest BCUT2D eigenvalue weighted by atomic mass is 79.9. The molecule has 1 aromatic rings. The molecule has 0 amide bonds. The zero-order valence-electron chi connectivity index (χ0n) is 12.9. The first kappa shape index (κ1) is 14.6. The van der Waals surface area contributed by atoms with E-state index in [2.05, 4.69) is 28.9 Å². The molecule has 3 nitrogen and oxygen atoms in total. The lowest BCUT2D eigenvalue weighted by atomic mass is 9.69. The lowest BCUT2D eigenvalue weighted by Gasteiger charge is -2.35. The van der Waals surface area contributed by atoms with Crippen molar-refractivity contribution in [2.75, 3.05) is 7.11 Å². The SMILES string of the molecule is COc1cc(Br)c2c3c1OC1C[C@@H](O)C=CC31CCC(C)C2. The molecule has 118 valence electrons. The van der Waals surface area contributed by atoms with Gasteiger partial charge in [0.05, 0.1) is 18.6 Å². The van der Waals surface area contributed by atoms with Crippen LogP contribution in [-0.2, 0) is 11.8 Å². The molecule has 0 radical (unpaired) electrons. The predicted molar refractivity (Wildman–Crippen MR) is 88.7 cm³/mol. The van der Waals surface area contributed by atoms with E-state index in [1.165, 1.54) is 17.5 Å². The first-order valence-electron chi connectivity index (χ1n) is 7.99. The normalized spacial score (nSPS) is 35.4. The molecule has 0 fully saturated rings. The maximum atomic E-state index is 10.0. The van der Waals surface area contributed by atoms with Crippen molar-refractivity contribution in [3.8, 4) is 11.5 Å². The van der Waals surface area contributed by atoms with Crippen molar-refractivity contribution in [1.29, 1.82) is 0 Å². The van der Waals surface area contributed by atoms with Gasteiger partial charge in [-0.1, -0.05) is 35.0 Å².